The highest BCUT2D eigenvalue weighted by Gasteiger charge is 2.37. The minimum Gasteiger partial charge on any atom is -0.493 e. The number of rotatable bonds is 9. The lowest BCUT2D eigenvalue weighted by molar-refractivity contribution is -0.116. The third-order valence-electron chi connectivity index (χ3n) is 7.23. The zero-order valence-electron chi connectivity index (χ0n) is 23.3. The summed E-state index contributed by atoms with van der Waals surface area (Å²) in [6.07, 6.45) is 2.04. The number of allylic oxidation sites excluding steroid dienone is 1. The molecule has 6 heteroatoms. The Kier molecular flexibility index (Phi) is 8.10. The van der Waals surface area contributed by atoms with E-state index in [0.717, 1.165) is 52.4 Å². The van der Waals surface area contributed by atoms with Crippen LogP contribution in [0.4, 0.5) is 11.4 Å². The molecule has 2 atom stereocenters. The number of methoxy groups -OCH3 is 1. The predicted molar refractivity (Wildman–Crippen MR) is 156 cm³/mol. The van der Waals surface area contributed by atoms with Crippen molar-refractivity contribution in [3.05, 3.63) is 89.1 Å². The van der Waals surface area contributed by atoms with Crippen molar-refractivity contribution < 1.29 is 19.0 Å². The first kappa shape index (κ1) is 26.7. The van der Waals surface area contributed by atoms with Crippen LogP contribution in [0.2, 0.25) is 0 Å². The number of fused-ring (bicyclic) bond motifs is 1. The maximum absolute atomic E-state index is 14.0. The van der Waals surface area contributed by atoms with E-state index >= 15 is 0 Å². The van der Waals surface area contributed by atoms with E-state index in [1.807, 2.05) is 54.6 Å². The highest BCUT2D eigenvalue weighted by Crippen LogP contribution is 2.47. The standard InChI is InChI=1S/C33H38N2O4/c1-5-17-38-33-25(9-8-12-30(33)37-4)32-31-28(34-26-10-6-7-11-27(26)35-32)18-23(19-29(31)36)22-13-15-24(16-14-22)39-20-21(2)3/h6-16,21,23,32,34-35H,5,17-20H2,1-4H3. The molecule has 0 radical (unpaired) electrons. The van der Waals surface area contributed by atoms with Crippen LogP contribution in [0.25, 0.3) is 0 Å². The Morgan fingerprint density at radius 1 is 0.923 bits per heavy atom. The fourth-order valence-electron chi connectivity index (χ4n) is 5.34. The van der Waals surface area contributed by atoms with Gasteiger partial charge in [-0.25, -0.2) is 0 Å². The van der Waals surface area contributed by atoms with Crippen LogP contribution in [-0.4, -0.2) is 26.1 Å². The van der Waals surface area contributed by atoms with Gasteiger partial charge in [-0.2, -0.15) is 0 Å². The van der Waals surface area contributed by atoms with Gasteiger partial charge in [0.15, 0.2) is 17.3 Å². The van der Waals surface area contributed by atoms with Crippen molar-refractivity contribution >= 4 is 17.2 Å². The van der Waals surface area contributed by atoms with Crippen LogP contribution in [0.5, 0.6) is 17.2 Å². The largest absolute Gasteiger partial charge is 0.493 e. The second-order valence-electron chi connectivity index (χ2n) is 10.7. The van der Waals surface area contributed by atoms with E-state index in [2.05, 4.69) is 43.5 Å². The Hall–Kier alpha value is -3.93. The first-order chi connectivity index (χ1) is 19.0. The van der Waals surface area contributed by atoms with E-state index in [-0.39, 0.29) is 17.7 Å². The van der Waals surface area contributed by atoms with Crippen molar-refractivity contribution in [3.8, 4) is 17.2 Å². The molecule has 6 nitrogen and oxygen atoms in total. The van der Waals surface area contributed by atoms with Crippen molar-refractivity contribution in [1.29, 1.82) is 0 Å². The smallest absolute Gasteiger partial charge is 0.166 e. The molecule has 0 saturated carbocycles. The Morgan fingerprint density at radius 3 is 2.41 bits per heavy atom. The molecule has 3 aromatic rings. The van der Waals surface area contributed by atoms with Crippen LogP contribution < -0.4 is 24.8 Å². The van der Waals surface area contributed by atoms with Crippen molar-refractivity contribution in [3.63, 3.8) is 0 Å². The Morgan fingerprint density at radius 2 is 1.69 bits per heavy atom. The molecule has 0 aromatic heterocycles. The summed E-state index contributed by atoms with van der Waals surface area (Å²) >= 11 is 0. The Labute approximate surface area is 231 Å². The molecule has 204 valence electrons. The molecule has 2 unspecified atom stereocenters. The van der Waals surface area contributed by atoms with Gasteiger partial charge in [-0.05, 0) is 60.6 Å². The summed E-state index contributed by atoms with van der Waals surface area (Å²) in [5.74, 6) is 2.87. The highest BCUT2D eigenvalue weighted by atomic mass is 16.5. The van der Waals surface area contributed by atoms with Gasteiger partial charge in [0.2, 0.25) is 0 Å². The molecule has 3 aromatic carbocycles. The SMILES string of the molecule is CCCOc1c(OC)cccc1C1Nc2ccccc2NC2=C1C(=O)CC(c1ccc(OCC(C)C)cc1)C2. The fraction of sp³-hybridized carbons (Fsp3) is 0.364. The second-order valence-corrected chi connectivity index (χ2v) is 10.7. The van der Waals surface area contributed by atoms with E-state index < -0.39 is 0 Å². The lowest BCUT2D eigenvalue weighted by Crippen LogP contribution is -2.27. The molecule has 1 heterocycles. The molecule has 2 N–H and O–H groups in total. The van der Waals surface area contributed by atoms with E-state index in [1.165, 1.54) is 0 Å². The summed E-state index contributed by atoms with van der Waals surface area (Å²) in [4.78, 5) is 14.0. The van der Waals surface area contributed by atoms with Crippen molar-refractivity contribution in [2.45, 2.75) is 52.0 Å². The number of benzene rings is 3. The lowest BCUT2D eigenvalue weighted by Gasteiger charge is -2.31. The molecular weight excluding hydrogens is 488 g/mol. The molecule has 2 aliphatic rings. The summed E-state index contributed by atoms with van der Waals surface area (Å²) in [5.41, 5.74) is 5.64. The van der Waals surface area contributed by atoms with Gasteiger partial charge in [0.1, 0.15) is 5.75 Å². The monoisotopic (exact) mass is 526 g/mol. The van der Waals surface area contributed by atoms with Gasteiger partial charge >= 0.3 is 0 Å². The van der Waals surface area contributed by atoms with E-state index in [4.69, 9.17) is 14.2 Å². The number of Topliss-reactive ketones (excluding diaryl/α,β-unsaturated/α-hetero) is 1. The molecule has 0 bridgehead atoms. The van der Waals surface area contributed by atoms with Gasteiger partial charge in [0.25, 0.3) is 0 Å². The minimum atomic E-state index is -0.377. The molecule has 0 spiro atoms. The molecule has 1 aliphatic heterocycles. The first-order valence-corrected chi connectivity index (χ1v) is 13.9. The summed E-state index contributed by atoms with van der Waals surface area (Å²) in [5, 5.41) is 7.29. The van der Waals surface area contributed by atoms with Crippen LogP contribution in [-0.2, 0) is 4.79 Å². The highest BCUT2D eigenvalue weighted by molar-refractivity contribution is 6.01. The molecule has 1 aliphatic carbocycles. The molecule has 0 saturated heterocycles. The van der Waals surface area contributed by atoms with Gasteiger partial charge in [0.05, 0.1) is 37.7 Å². The quantitative estimate of drug-likeness (QED) is 0.301. The number of anilines is 2. The number of para-hydroxylation sites is 3. The average molecular weight is 527 g/mol. The third-order valence-corrected chi connectivity index (χ3v) is 7.23. The number of nitrogens with one attached hydrogen (secondary N) is 2. The van der Waals surface area contributed by atoms with Gasteiger partial charge in [-0.1, -0.05) is 57.2 Å². The minimum absolute atomic E-state index is 0.0786. The molecule has 0 fully saturated rings. The van der Waals surface area contributed by atoms with Crippen LogP contribution in [0.1, 0.15) is 63.1 Å². The molecule has 0 amide bonds. The van der Waals surface area contributed by atoms with Crippen LogP contribution in [0.15, 0.2) is 78.0 Å². The Bertz CT molecular complexity index is 1350. The maximum Gasteiger partial charge on any atom is 0.166 e. The number of hydrogen-bond acceptors (Lipinski definition) is 6. The number of ether oxygens (including phenoxy) is 3. The first-order valence-electron chi connectivity index (χ1n) is 13.9. The summed E-state index contributed by atoms with van der Waals surface area (Å²) in [6, 6.07) is 21.8. The van der Waals surface area contributed by atoms with Gasteiger partial charge in [-0.15, -0.1) is 0 Å². The fourth-order valence-corrected chi connectivity index (χ4v) is 5.34. The molecular formula is C33H38N2O4. The number of carbonyl (C=O) groups excluding carboxylic acids is 1. The van der Waals surface area contributed by atoms with E-state index in [0.29, 0.717) is 37.1 Å². The normalized spacial score (nSPS) is 18.4. The lowest BCUT2D eigenvalue weighted by atomic mass is 9.78. The number of hydrogen-bond donors (Lipinski definition) is 2. The maximum atomic E-state index is 14.0. The number of carbonyl (C=O) groups is 1. The van der Waals surface area contributed by atoms with Crippen LogP contribution in [0, 0.1) is 5.92 Å². The second kappa shape index (κ2) is 11.9. The predicted octanol–water partition coefficient (Wildman–Crippen LogP) is 7.50. The van der Waals surface area contributed by atoms with Crippen LogP contribution >= 0.6 is 0 Å². The van der Waals surface area contributed by atoms with Crippen molar-refractivity contribution in [1.82, 2.24) is 0 Å². The summed E-state index contributed by atoms with van der Waals surface area (Å²) in [7, 11) is 1.65. The van der Waals surface area contributed by atoms with E-state index in [1.54, 1.807) is 7.11 Å². The van der Waals surface area contributed by atoms with Crippen LogP contribution in [0.3, 0.4) is 0 Å². The number of ketones is 1. The van der Waals surface area contributed by atoms with Gasteiger partial charge in [-0.3, -0.25) is 4.79 Å². The van der Waals surface area contributed by atoms with Crippen molar-refractivity contribution in [2.75, 3.05) is 31.0 Å². The average Bonchev–Trinajstić information content (AvgIpc) is 3.12. The molecule has 39 heavy (non-hydrogen) atoms. The van der Waals surface area contributed by atoms with Crippen molar-refractivity contribution in [2.24, 2.45) is 5.92 Å². The van der Waals surface area contributed by atoms with Gasteiger partial charge < -0.3 is 24.8 Å². The summed E-state index contributed by atoms with van der Waals surface area (Å²) < 4.78 is 17.8. The summed E-state index contributed by atoms with van der Waals surface area (Å²) in [6.45, 7) is 7.60. The Balaban J connectivity index is 1.53. The third kappa shape index (κ3) is 5.75. The zero-order valence-corrected chi connectivity index (χ0v) is 23.3. The molecule has 5 rings (SSSR count). The topological polar surface area (TPSA) is 68.8 Å². The van der Waals surface area contributed by atoms with Gasteiger partial charge in [0, 0.05) is 23.3 Å². The zero-order chi connectivity index (χ0) is 27.4. The van der Waals surface area contributed by atoms with E-state index in [9.17, 15) is 4.79 Å².